The molecule has 0 bridgehead atoms. The molecule has 0 saturated carbocycles. The summed E-state index contributed by atoms with van der Waals surface area (Å²) in [5.41, 5.74) is 2.20. The number of hydrogen-bond donors (Lipinski definition) is 1. The minimum absolute atomic E-state index is 0.296. The molecule has 2 heteroatoms. The van der Waals surface area contributed by atoms with E-state index >= 15 is 0 Å². The lowest BCUT2D eigenvalue weighted by atomic mass is 10.0. The molecule has 0 aliphatic rings. The topological polar surface area (TPSA) is 29.5 Å². The number of phenolic OH excluding ortho intramolecular Hbond substituents is 1. The number of phenols is 1. The molecule has 1 aromatic carbocycles. The Hall–Kier alpha value is -1.18. The van der Waals surface area contributed by atoms with Crippen molar-refractivity contribution in [1.29, 1.82) is 0 Å². The van der Waals surface area contributed by atoms with Crippen LogP contribution in [-0.4, -0.2) is 12.2 Å². The van der Waals surface area contributed by atoms with E-state index < -0.39 is 0 Å². The molecule has 0 spiro atoms. The van der Waals surface area contributed by atoms with Gasteiger partial charge in [-0.3, -0.25) is 0 Å². The highest BCUT2D eigenvalue weighted by atomic mass is 16.5. The zero-order valence-corrected chi connectivity index (χ0v) is 8.42. The van der Waals surface area contributed by atoms with Gasteiger partial charge in [0.2, 0.25) is 0 Å². The summed E-state index contributed by atoms with van der Waals surface area (Å²) in [5, 5.41) is 9.78. The van der Waals surface area contributed by atoms with E-state index in [0.29, 0.717) is 11.5 Å². The molecule has 0 saturated heterocycles. The molecule has 0 heterocycles. The SMILES string of the molecule is CCc1ccc(OC)c(O)c1CC. The molecule has 0 aliphatic carbocycles. The van der Waals surface area contributed by atoms with Gasteiger partial charge in [-0.15, -0.1) is 0 Å². The average molecular weight is 180 g/mol. The summed E-state index contributed by atoms with van der Waals surface area (Å²) >= 11 is 0. The van der Waals surface area contributed by atoms with Gasteiger partial charge in [0, 0.05) is 5.56 Å². The smallest absolute Gasteiger partial charge is 0.161 e. The number of aromatic hydroxyl groups is 1. The Morgan fingerprint density at radius 2 is 1.92 bits per heavy atom. The molecular formula is C11H16O2. The van der Waals surface area contributed by atoms with Crippen LogP contribution >= 0.6 is 0 Å². The minimum atomic E-state index is 0.296. The fourth-order valence-corrected chi connectivity index (χ4v) is 1.55. The summed E-state index contributed by atoms with van der Waals surface area (Å²) in [6, 6.07) is 3.82. The third kappa shape index (κ3) is 1.77. The summed E-state index contributed by atoms with van der Waals surface area (Å²) in [7, 11) is 1.57. The van der Waals surface area contributed by atoms with Crippen LogP contribution < -0.4 is 4.74 Å². The number of ether oxygens (including phenoxy) is 1. The Bertz CT molecular complexity index is 292. The van der Waals surface area contributed by atoms with Gasteiger partial charge >= 0.3 is 0 Å². The van der Waals surface area contributed by atoms with E-state index in [9.17, 15) is 5.11 Å². The highest BCUT2D eigenvalue weighted by Gasteiger charge is 2.09. The molecule has 1 rings (SSSR count). The molecule has 0 aromatic heterocycles. The Morgan fingerprint density at radius 1 is 1.23 bits per heavy atom. The van der Waals surface area contributed by atoms with Gasteiger partial charge in [0.15, 0.2) is 11.5 Å². The second-order valence-corrected chi connectivity index (χ2v) is 2.96. The average Bonchev–Trinajstić information content (AvgIpc) is 2.17. The van der Waals surface area contributed by atoms with Crippen LogP contribution in [0.5, 0.6) is 11.5 Å². The van der Waals surface area contributed by atoms with E-state index in [4.69, 9.17) is 4.74 Å². The van der Waals surface area contributed by atoms with Crippen molar-refractivity contribution < 1.29 is 9.84 Å². The lowest BCUT2D eigenvalue weighted by molar-refractivity contribution is 0.370. The summed E-state index contributed by atoms with van der Waals surface area (Å²) in [5.74, 6) is 0.860. The maximum Gasteiger partial charge on any atom is 0.161 e. The molecule has 0 amide bonds. The van der Waals surface area contributed by atoms with Crippen molar-refractivity contribution in [1.82, 2.24) is 0 Å². The van der Waals surface area contributed by atoms with Gasteiger partial charge in [-0.2, -0.15) is 0 Å². The van der Waals surface area contributed by atoms with Crippen molar-refractivity contribution in [3.05, 3.63) is 23.3 Å². The normalized spacial score (nSPS) is 10.1. The molecule has 0 aliphatic heterocycles. The standard InChI is InChI=1S/C11H16O2/c1-4-8-6-7-10(13-3)11(12)9(8)5-2/h6-7,12H,4-5H2,1-3H3. The fraction of sp³-hybridized carbons (Fsp3) is 0.455. The van der Waals surface area contributed by atoms with Gasteiger partial charge in [0.05, 0.1) is 7.11 Å². The summed E-state index contributed by atoms with van der Waals surface area (Å²) in [4.78, 5) is 0. The van der Waals surface area contributed by atoms with Crippen LogP contribution in [0, 0.1) is 0 Å². The first-order valence-corrected chi connectivity index (χ1v) is 4.62. The number of hydrogen-bond acceptors (Lipinski definition) is 2. The predicted octanol–water partition coefficient (Wildman–Crippen LogP) is 2.53. The van der Waals surface area contributed by atoms with Crippen molar-refractivity contribution in [2.45, 2.75) is 26.7 Å². The first-order chi connectivity index (χ1) is 6.24. The Labute approximate surface area is 79.2 Å². The molecule has 0 fully saturated rings. The number of aryl methyl sites for hydroxylation is 1. The molecular weight excluding hydrogens is 164 g/mol. The van der Waals surface area contributed by atoms with E-state index in [1.165, 1.54) is 5.56 Å². The lowest BCUT2D eigenvalue weighted by Gasteiger charge is -2.11. The van der Waals surface area contributed by atoms with E-state index in [2.05, 4.69) is 6.92 Å². The fourth-order valence-electron chi connectivity index (χ4n) is 1.55. The van der Waals surface area contributed by atoms with E-state index in [-0.39, 0.29) is 0 Å². The predicted molar refractivity (Wildman–Crippen MR) is 53.4 cm³/mol. The van der Waals surface area contributed by atoms with Gasteiger partial charge in [0.1, 0.15) is 0 Å². The second-order valence-electron chi connectivity index (χ2n) is 2.96. The maximum atomic E-state index is 9.78. The van der Waals surface area contributed by atoms with E-state index in [1.54, 1.807) is 7.11 Å². The maximum absolute atomic E-state index is 9.78. The van der Waals surface area contributed by atoms with Crippen molar-refractivity contribution in [2.24, 2.45) is 0 Å². The summed E-state index contributed by atoms with van der Waals surface area (Å²) in [6.07, 6.45) is 1.78. The van der Waals surface area contributed by atoms with Crippen molar-refractivity contribution >= 4 is 0 Å². The molecule has 72 valence electrons. The number of methoxy groups -OCH3 is 1. The quantitative estimate of drug-likeness (QED) is 0.774. The first-order valence-electron chi connectivity index (χ1n) is 4.62. The minimum Gasteiger partial charge on any atom is -0.504 e. The third-order valence-electron chi connectivity index (χ3n) is 2.30. The van der Waals surface area contributed by atoms with Crippen molar-refractivity contribution in [3.8, 4) is 11.5 Å². The van der Waals surface area contributed by atoms with Gasteiger partial charge in [-0.05, 0) is 24.5 Å². The zero-order valence-electron chi connectivity index (χ0n) is 8.42. The van der Waals surface area contributed by atoms with Crippen LogP contribution in [0.1, 0.15) is 25.0 Å². The van der Waals surface area contributed by atoms with Crippen molar-refractivity contribution in [3.63, 3.8) is 0 Å². The summed E-state index contributed by atoms with van der Waals surface area (Å²) in [6.45, 7) is 4.12. The second kappa shape index (κ2) is 4.17. The highest BCUT2D eigenvalue weighted by molar-refractivity contribution is 5.49. The Morgan fingerprint density at radius 3 is 2.38 bits per heavy atom. The monoisotopic (exact) mass is 180 g/mol. The van der Waals surface area contributed by atoms with Crippen molar-refractivity contribution in [2.75, 3.05) is 7.11 Å². The van der Waals surface area contributed by atoms with Gasteiger partial charge in [-0.25, -0.2) is 0 Å². The van der Waals surface area contributed by atoms with Gasteiger partial charge in [-0.1, -0.05) is 19.9 Å². The van der Waals surface area contributed by atoms with Crippen LogP contribution in [0.3, 0.4) is 0 Å². The molecule has 13 heavy (non-hydrogen) atoms. The molecule has 1 aromatic rings. The van der Waals surface area contributed by atoms with Crippen LogP contribution in [0.4, 0.5) is 0 Å². The van der Waals surface area contributed by atoms with Crippen LogP contribution in [0.2, 0.25) is 0 Å². The molecule has 2 nitrogen and oxygen atoms in total. The lowest BCUT2D eigenvalue weighted by Crippen LogP contribution is -1.94. The van der Waals surface area contributed by atoms with Crippen LogP contribution in [0.25, 0.3) is 0 Å². The van der Waals surface area contributed by atoms with Crippen LogP contribution in [0.15, 0.2) is 12.1 Å². The van der Waals surface area contributed by atoms with E-state index in [0.717, 1.165) is 18.4 Å². The van der Waals surface area contributed by atoms with Gasteiger partial charge < -0.3 is 9.84 Å². The first kappa shape index (κ1) is 9.90. The highest BCUT2D eigenvalue weighted by Crippen LogP contribution is 2.32. The molecule has 0 atom stereocenters. The van der Waals surface area contributed by atoms with E-state index in [1.807, 2.05) is 19.1 Å². The third-order valence-corrected chi connectivity index (χ3v) is 2.30. The Balaban J connectivity index is 3.23. The summed E-state index contributed by atoms with van der Waals surface area (Å²) < 4.78 is 5.04. The number of rotatable bonds is 3. The largest absolute Gasteiger partial charge is 0.504 e. The number of benzene rings is 1. The molecule has 0 unspecified atom stereocenters. The Kier molecular flexibility index (Phi) is 3.18. The molecule has 0 radical (unpaired) electrons. The zero-order chi connectivity index (χ0) is 9.84. The van der Waals surface area contributed by atoms with Crippen LogP contribution in [-0.2, 0) is 12.8 Å². The van der Waals surface area contributed by atoms with Gasteiger partial charge in [0.25, 0.3) is 0 Å². The molecule has 1 N–H and O–H groups in total.